The number of aryl methyl sites for hydroxylation is 3. The van der Waals surface area contributed by atoms with Crippen molar-refractivity contribution in [2.75, 3.05) is 0 Å². The van der Waals surface area contributed by atoms with E-state index in [1.54, 1.807) is 0 Å². The second kappa shape index (κ2) is 5.41. The molecule has 0 amide bonds. The van der Waals surface area contributed by atoms with Gasteiger partial charge in [0.2, 0.25) is 0 Å². The van der Waals surface area contributed by atoms with Gasteiger partial charge in [0.25, 0.3) is 0 Å². The van der Waals surface area contributed by atoms with Crippen LogP contribution in [-0.2, 0) is 0 Å². The summed E-state index contributed by atoms with van der Waals surface area (Å²) in [6.07, 6.45) is 0. The zero-order chi connectivity index (χ0) is 14.2. The van der Waals surface area contributed by atoms with Crippen molar-refractivity contribution < 1.29 is 0 Å². The minimum absolute atomic E-state index is 0.322. The SMILES string of the molecule is Cc1cc(C)c(-c2cc(Br)nc(C(C)C)n2)c(C)c1. The number of aromatic nitrogens is 2. The van der Waals surface area contributed by atoms with E-state index in [1.165, 1.54) is 22.3 Å². The molecule has 0 fully saturated rings. The molecule has 0 atom stereocenters. The Kier molecular flexibility index (Phi) is 4.04. The maximum atomic E-state index is 4.71. The Bertz CT molecular complexity index is 595. The van der Waals surface area contributed by atoms with E-state index in [-0.39, 0.29) is 0 Å². The van der Waals surface area contributed by atoms with E-state index in [0.717, 1.165) is 16.1 Å². The number of nitrogens with zero attached hydrogens (tertiary/aromatic N) is 2. The molecule has 2 nitrogen and oxygen atoms in total. The molecular formula is C16H19BrN2. The molecule has 100 valence electrons. The molecule has 2 aromatic rings. The fourth-order valence-corrected chi connectivity index (χ4v) is 2.80. The van der Waals surface area contributed by atoms with Crippen molar-refractivity contribution in [3.05, 3.63) is 45.3 Å². The summed E-state index contributed by atoms with van der Waals surface area (Å²) in [7, 11) is 0. The second-order valence-corrected chi connectivity index (χ2v) is 6.18. The number of hydrogen-bond acceptors (Lipinski definition) is 2. The molecule has 1 heterocycles. The van der Waals surface area contributed by atoms with Gasteiger partial charge in [-0.2, -0.15) is 0 Å². The van der Waals surface area contributed by atoms with Crippen molar-refractivity contribution in [2.45, 2.75) is 40.5 Å². The van der Waals surface area contributed by atoms with Crippen LogP contribution in [0.4, 0.5) is 0 Å². The van der Waals surface area contributed by atoms with Crippen LogP contribution >= 0.6 is 15.9 Å². The van der Waals surface area contributed by atoms with Crippen molar-refractivity contribution in [3.63, 3.8) is 0 Å². The van der Waals surface area contributed by atoms with E-state index < -0.39 is 0 Å². The quantitative estimate of drug-likeness (QED) is 0.732. The molecule has 2 rings (SSSR count). The molecule has 3 heteroatoms. The smallest absolute Gasteiger partial charge is 0.132 e. The zero-order valence-corrected chi connectivity index (χ0v) is 13.7. The molecule has 0 saturated heterocycles. The van der Waals surface area contributed by atoms with Gasteiger partial charge in [0.15, 0.2) is 0 Å². The number of rotatable bonds is 2. The third kappa shape index (κ3) is 3.03. The van der Waals surface area contributed by atoms with E-state index >= 15 is 0 Å². The highest BCUT2D eigenvalue weighted by molar-refractivity contribution is 9.10. The summed E-state index contributed by atoms with van der Waals surface area (Å²) in [5.41, 5.74) is 6.03. The van der Waals surface area contributed by atoms with E-state index in [4.69, 9.17) is 4.98 Å². The lowest BCUT2D eigenvalue weighted by Crippen LogP contribution is -2.01. The molecule has 1 aromatic carbocycles. The lowest BCUT2D eigenvalue weighted by atomic mass is 9.97. The molecule has 0 radical (unpaired) electrons. The molecule has 19 heavy (non-hydrogen) atoms. The first-order chi connectivity index (χ1) is 8.88. The predicted molar refractivity (Wildman–Crippen MR) is 83.5 cm³/mol. The Morgan fingerprint density at radius 1 is 0.947 bits per heavy atom. The molecule has 0 spiro atoms. The van der Waals surface area contributed by atoms with Crippen molar-refractivity contribution in [1.82, 2.24) is 9.97 Å². The van der Waals surface area contributed by atoms with Crippen LogP contribution in [0.25, 0.3) is 11.3 Å². The van der Waals surface area contributed by atoms with Gasteiger partial charge >= 0.3 is 0 Å². The largest absolute Gasteiger partial charge is 0.233 e. The van der Waals surface area contributed by atoms with Gasteiger partial charge in [-0.3, -0.25) is 0 Å². The first kappa shape index (κ1) is 14.2. The maximum absolute atomic E-state index is 4.71. The van der Waals surface area contributed by atoms with Gasteiger partial charge in [-0.15, -0.1) is 0 Å². The monoisotopic (exact) mass is 318 g/mol. The first-order valence-electron chi connectivity index (χ1n) is 6.51. The van der Waals surface area contributed by atoms with Crippen LogP contribution in [0.1, 0.15) is 42.3 Å². The van der Waals surface area contributed by atoms with Crippen LogP contribution in [0.2, 0.25) is 0 Å². The average molecular weight is 319 g/mol. The average Bonchev–Trinajstić information content (AvgIpc) is 2.26. The lowest BCUT2D eigenvalue weighted by molar-refractivity contribution is 0.771. The van der Waals surface area contributed by atoms with E-state index in [0.29, 0.717) is 5.92 Å². The van der Waals surface area contributed by atoms with Gasteiger partial charge in [-0.25, -0.2) is 9.97 Å². The van der Waals surface area contributed by atoms with Gasteiger partial charge in [-0.1, -0.05) is 31.5 Å². The van der Waals surface area contributed by atoms with E-state index in [1.807, 2.05) is 6.07 Å². The van der Waals surface area contributed by atoms with Crippen LogP contribution in [0.15, 0.2) is 22.8 Å². The molecular weight excluding hydrogens is 300 g/mol. The van der Waals surface area contributed by atoms with Gasteiger partial charge in [0, 0.05) is 11.5 Å². The third-order valence-electron chi connectivity index (χ3n) is 3.16. The van der Waals surface area contributed by atoms with Gasteiger partial charge in [-0.05, 0) is 53.9 Å². The van der Waals surface area contributed by atoms with Crippen LogP contribution < -0.4 is 0 Å². The number of halogens is 1. The Labute approximate surface area is 123 Å². The third-order valence-corrected chi connectivity index (χ3v) is 3.57. The molecule has 0 bridgehead atoms. The normalized spacial score (nSPS) is 11.1. The summed E-state index contributed by atoms with van der Waals surface area (Å²) in [4.78, 5) is 9.15. The Balaban J connectivity index is 2.65. The topological polar surface area (TPSA) is 25.8 Å². The summed E-state index contributed by atoms with van der Waals surface area (Å²) < 4.78 is 0.848. The van der Waals surface area contributed by atoms with Gasteiger partial charge in [0.05, 0.1) is 5.69 Å². The number of benzene rings is 1. The van der Waals surface area contributed by atoms with Crippen LogP contribution in [0.3, 0.4) is 0 Å². The summed E-state index contributed by atoms with van der Waals surface area (Å²) in [5.74, 6) is 1.20. The molecule has 0 aliphatic carbocycles. The fourth-order valence-electron chi connectivity index (χ4n) is 2.41. The molecule has 0 saturated carbocycles. The van der Waals surface area contributed by atoms with Crippen molar-refractivity contribution in [2.24, 2.45) is 0 Å². The van der Waals surface area contributed by atoms with Crippen molar-refractivity contribution in [3.8, 4) is 11.3 Å². The Hall–Kier alpha value is -1.22. The predicted octanol–water partition coefficient (Wildman–Crippen LogP) is 4.95. The molecule has 1 aromatic heterocycles. The van der Waals surface area contributed by atoms with Crippen LogP contribution in [0.5, 0.6) is 0 Å². The van der Waals surface area contributed by atoms with Crippen molar-refractivity contribution in [1.29, 1.82) is 0 Å². The first-order valence-corrected chi connectivity index (χ1v) is 7.30. The van der Waals surface area contributed by atoms with Gasteiger partial charge in [0.1, 0.15) is 10.4 Å². The summed E-state index contributed by atoms with van der Waals surface area (Å²) in [6.45, 7) is 10.6. The Morgan fingerprint density at radius 2 is 1.53 bits per heavy atom. The highest BCUT2D eigenvalue weighted by Crippen LogP contribution is 2.29. The number of hydrogen-bond donors (Lipinski definition) is 0. The molecule has 0 aliphatic rings. The summed E-state index contributed by atoms with van der Waals surface area (Å²) >= 11 is 3.49. The highest BCUT2D eigenvalue weighted by atomic mass is 79.9. The highest BCUT2D eigenvalue weighted by Gasteiger charge is 2.12. The minimum atomic E-state index is 0.322. The van der Waals surface area contributed by atoms with Crippen LogP contribution in [0, 0.1) is 20.8 Å². The standard InChI is InChI=1S/C16H19BrN2/c1-9(2)16-18-13(8-14(17)19-16)15-11(4)6-10(3)7-12(15)5/h6-9H,1-5H3. The summed E-state index contributed by atoms with van der Waals surface area (Å²) in [5, 5.41) is 0. The Morgan fingerprint density at radius 3 is 2.05 bits per heavy atom. The molecule has 0 unspecified atom stereocenters. The lowest BCUT2D eigenvalue weighted by Gasteiger charge is -2.13. The summed E-state index contributed by atoms with van der Waals surface area (Å²) in [6, 6.07) is 6.40. The van der Waals surface area contributed by atoms with Crippen molar-refractivity contribution >= 4 is 15.9 Å². The maximum Gasteiger partial charge on any atom is 0.132 e. The zero-order valence-electron chi connectivity index (χ0n) is 12.1. The van der Waals surface area contributed by atoms with Crippen LogP contribution in [-0.4, -0.2) is 9.97 Å². The molecule has 0 aliphatic heterocycles. The molecule has 0 N–H and O–H groups in total. The fraction of sp³-hybridized carbons (Fsp3) is 0.375. The van der Waals surface area contributed by atoms with E-state index in [2.05, 4.69) is 67.7 Å². The second-order valence-electron chi connectivity index (χ2n) is 5.36. The van der Waals surface area contributed by atoms with E-state index in [9.17, 15) is 0 Å². The minimum Gasteiger partial charge on any atom is -0.233 e. The van der Waals surface area contributed by atoms with Gasteiger partial charge < -0.3 is 0 Å².